The van der Waals surface area contributed by atoms with Crippen LogP contribution in [0.2, 0.25) is 0 Å². The minimum Gasteiger partial charge on any atom is -0.346 e. The number of aromatic nitrogens is 4. The molecule has 0 aliphatic heterocycles. The van der Waals surface area contributed by atoms with E-state index in [0.29, 0.717) is 12.3 Å². The van der Waals surface area contributed by atoms with Crippen molar-refractivity contribution in [1.29, 1.82) is 5.26 Å². The fraction of sp³-hybridized carbons (Fsp3) is 0.312. The van der Waals surface area contributed by atoms with E-state index in [0.717, 1.165) is 22.2 Å². The molecule has 1 atom stereocenters. The van der Waals surface area contributed by atoms with Gasteiger partial charge in [0.05, 0.1) is 24.7 Å². The third-order valence-electron chi connectivity index (χ3n) is 4.18. The molecule has 1 unspecified atom stereocenters. The van der Waals surface area contributed by atoms with Crippen LogP contribution in [-0.4, -0.2) is 19.7 Å². The van der Waals surface area contributed by atoms with E-state index in [1.54, 1.807) is 6.20 Å². The lowest BCUT2D eigenvalue weighted by molar-refractivity contribution is 0.412. The van der Waals surface area contributed by atoms with Crippen LogP contribution in [0, 0.1) is 17.2 Å². The predicted molar refractivity (Wildman–Crippen MR) is 79.3 cm³/mol. The van der Waals surface area contributed by atoms with Crippen LogP contribution in [0.3, 0.4) is 0 Å². The molecule has 1 saturated carbocycles. The number of hydrogen-bond acceptors (Lipinski definition) is 3. The molecule has 104 valence electrons. The molecule has 0 bridgehead atoms. The van der Waals surface area contributed by atoms with Gasteiger partial charge in [-0.1, -0.05) is 0 Å². The summed E-state index contributed by atoms with van der Waals surface area (Å²) in [6.45, 7) is 0. The lowest BCUT2D eigenvalue weighted by Crippen LogP contribution is -2.10. The van der Waals surface area contributed by atoms with Crippen molar-refractivity contribution in [2.24, 2.45) is 5.92 Å². The lowest BCUT2D eigenvalue weighted by Gasteiger charge is -2.12. The molecule has 1 N–H and O–H groups in total. The number of hydrogen-bond donors (Lipinski definition) is 1. The third kappa shape index (κ3) is 2.09. The van der Waals surface area contributed by atoms with Crippen LogP contribution < -0.4 is 0 Å². The Morgan fingerprint density at radius 3 is 3.14 bits per heavy atom. The first kappa shape index (κ1) is 12.2. The van der Waals surface area contributed by atoms with Gasteiger partial charge in [0.25, 0.3) is 0 Å². The maximum Gasteiger partial charge on any atom is 0.137 e. The zero-order chi connectivity index (χ0) is 14.2. The van der Waals surface area contributed by atoms with E-state index < -0.39 is 0 Å². The van der Waals surface area contributed by atoms with Crippen LogP contribution in [0.5, 0.6) is 0 Å². The van der Waals surface area contributed by atoms with Crippen molar-refractivity contribution in [1.82, 2.24) is 19.7 Å². The van der Waals surface area contributed by atoms with Crippen molar-refractivity contribution in [3.05, 3.63) is 36.9 Å². The summed E-state index contributed by atoms with van der Waals surface area (Å²) in [5.74, 6) is 0.613. The molecule has 21 heavy (non-hydrogen) atoms. The second-order valence-electron chi connectivity index (χ2n) is 5.57. The summed E-state index contributed by atoms with van der Waals surface area (Å²) in [4.78, 5) is 7.44. The minimum absolute atomic E-state index is 0.215. The zero-order valence-electron chi connectivity index (χ0n) is 11.5. The van der Waals surface area contributed by atoms with Gasteiger partial charge in [-0.05, 0) is 36.5 Å². The van der Waals surface area contributed by atoms with Gasteiger partial charge >= 0.3 is 0 Å². The van der Waals surface area contributed by atoms with Gasteiger partial charge in [-0.15, -0.1) is 0 Å². The SMILES string of the molecule is N#CCC(C1CC1)n1cc(-c2ccnc3[nH]ccc23)cn1. The van der Waals surface area contributed by atoms with Crippen molar-refractivity contribution >= 4 is 11.0 Å². The summed E-state index contributed by atoms with van der Waals surface area (Å²) in [5.41, 5.74) is 3.08. The number of nitrogens with zero attached hydrogens (tertiary/aromatic N) is 4. The Balaban J connectivity index is 1.74. The molecule has 0 radical (unpaired) electrons. The van der Waals surface area contributed by atoms with Gasteiger partial charge in [-0.2, -0.15) is 10.4 Å². The van der Waals surface area contributed by atoms with Crippen LogP contribution in [0.1, 0.15) is 25.3 Å². The number of pyridine rings is 1. The Hall–Kier alpha value is -2.61. The molecule has 3 heterocycles. The summed E-state index contributed by atoms with van der Waals surface area (Å²) in [6.07, 6.45) is 10.6. The van der Waals surface area contributed by atoms with Crippen LogP contribution >= 0.6 is 0 Å². The fourth-order valence-corrected chi connectivity index (χ4v) is 2.92. The largest absolute Gasteiger partial charge is 0.346 e. The van der Waals surface area contributed by atoms with Crippen LogP contribution in [0.4, 0.5) is 0 Å². The van der Waals surface area contributed by atoms with Gasteiger partial charge in [-0.3, -0.25) is 4.68 Å². The lowest BCUT2D eigenvalue weighted by atomic mass is 10.1. The third-order valence-corrected chi connectivity index (χ3v) is 4.18. The maximum absolute atomic E-state index is 9.01. The number of H-pyrrole nitrogens is 1. The number of fused-ring (bicyclic) bond motifs is 1. The Labute approximate surface area is 122 Å². The molecular formula is C16H15N5. The van der Waals surface area contributed by atoms with Gasteiger partial charge < -0.3 is 4.98 Å². The summed E-state index contributed by atoms with van der Waals surface area (Å²) in [5, 5.41) is 14.6. The second-order valence-corrected chi connectivity index (χ2v) is 5.57. The van der Waals surface area contributed by atoms with Gasteiger partial charge in [0, 0.05) is 29.5 Å². The average molecular weight is 277 g/mol. The summed E-state index contributed by atoms with van der Waals surface area (Å²) in [7, 11) is 0. The average Bonchev–Trinajstić information content (AvgIpc) is 3.02. The monoisotopic (exact) mass is 277 g/mol. The topological polar surface area (TPSA) is 70.3 Å². The predicted octanol–water partition coefficient (Wildman–Crippen LogP) is 3.29. The Morgan fingerprint density at radius 1 is 1.43 bits per heavy atom. The molecule has 0 spiro atoms. The van der Waals surface area contributed by atoms with Crippen molar-refractivity contribution in [3.63, 3.8) is 0 Å². The smallest absolute Gasteiger partial charge is 0.137 e. The molecular weight excluding hydrogens is 262 g/mol. The van der Waals surface area contributed by atoms with E-state index in [9.17, 15) is 0 Å². The van der Waals surface area contributed by atoms with E-state index >= 15 is 0 Å². The first-order chi connectivity index (χ1) is 10.4. The van der Waals surface area contributed by atoms with Crippen LogP contribution in [-0.2, 0) is 0 Å². The molecule has 0 aromatic carbocycles. The van der Waals surface area contributed by atoms with Crippen molar-refractivity contribution < 1.29 is 0 Å². The molecule has 3 aromatic rings. The summed E-state index contributed by atoms with van der Waals surface area (Å²) in [6, 6.07) is 6.54. The molecule has 1 fully saturated rings. The standard InChI is InChI=1S/C16H15N5/c17-6-3-15(11-1-2-11)21-10-12(9-20-21)13-4-7-18-16-14(13)5-8-19-16/h4-5,7-11,15H,1-3H2,(H,18,19). The molecule has 5 heteroatoms. The van der Waals surface area contributed by atoms with Crippen molar-refractivity contribution in [3.8, 4) is 17.2 Å². The second kappa shape index (κ2) is 4.74. The highest BCUT2D eigenvalue weighted by Gasteiger charge is 2.32. The number of rotatable bonds is 4. The van der Waals surface area contributed by atoms with Crippen molar-refractivity contribution in [2.75, 3.05) is 0 Å². The minimum atomic E-state index is 0.215. The summed E-state index contributed by atoms with van der Waals surface area (Å²) < 4.78 is 1.97. The first-order valence-electron chi connectivity index (χ1n) is 7.20. The molecule has 1 aliphatic rings. The van der Waals surface area contributed by atoms with E-state index in [2.05, 4.69) is 27.3 Å². The first-order valence-corrected chi connectivity index (χ1v) is 7.20. The maximum atomic E-state index is 9.01. The zero-order valence-corrected chi connectivity index (χ0v) is 11.5. The molecule has 4 rings (SSSR count). The highest BCUT2D eigenvalue weighted by Crippen LogP contribution is 2.41. The van der Waals surface area contributed by atoms with Crippen LogP contribution in [0.15, 0.2) is 36.9 Å². The molecule has 0 saturated heterocycles. The number of aromatic amines is 1. The highest BCUT2D eigenvalue weighted by molar-refractivity contribution is 5.92. The van der Waals surface area contributed by atoms with Crippen molar-refractivity contribution in [2.45, 2.75) is 25.3 Å². The van der Waals surface area contributed by atoms with E-state index in [-0.39, 0.29) is 6.04 Å². The molecule has 1 aliphatic carbocycles. The molecule has 0 amide bonds. The normalized spacial score (nSPS) is 16.0. The fourth-order valence-electron chi connectivity index (χ4n) is 2.92. The Kier molecular flexibility index (Phi) is 2.74. The number of nitrogens with one attached hydrogen (secondary N) is 1. The van der Waals surface area contributed by atoms with E-state index in [1.165, 1.54) is 12.8 Å². The highest BCUT2D eigenvalue weighted by atomic mass is 15.3. The van der Waals surface area contributed by atoms with E-state index in [1.807, 2.05) is 29.2 Å². The quantitative estimate of drug-likeness (QED) is 0.795. The van der Waals surface area contributed by atoms with Crippen LogP contribution in [0.25, 0.3) is 22.2 Å². The van der Waals surface area contributed by atoms with Gasteiger partial charge in [-0.25, -0.2) is 4.98 Å². The van der Waals surface area contributed by atoms with Gasteiger partial charge in [0.15, 0.2) is 0 Å². The Morgan fingerprint density at radius 2 is 2.33 bits per heavy atom. The molecule has 5 nitrogen and oxygen atoms in total. The van der Waals surface area contributed by atoms with Gasteiger partial charge in [0.1, 0.15) is 5.65 Å². The molecule has 3 aromatic heterocycles. The summed E-state index contributed by atoms with van der Waals surface area (Å²) >= 11 is 0. The van der Waals surface area contributed by atoms with E-state index in [4.69, 9.17) is 5.26 Å². The Bertz CT molecular complexity index is 818. The number of nitriles is 1. The van der Waals surface area contributed by atoms with Gasteiger partial charge in [0.2, 0.25) is 0 Å².